The van der Waals surface area contributed by atoms with Crippen molar-refractivity contribution < 1.29 is 5.11 Å². The molecule has 0 saturated heterocycles. The molecule has 24 heavy (non-hydrogen) atoms. The number of nitrogens with zero attached hydrogens (tertiary/aromatic N) is 3. The van der Waals surface area contributed by atoms with Gasteiger partial charge >= 0.3 is 0 Å². The number of H-pyrrole nitrogens is 1. The Morgan fingerprint density at radius 1 is 1.25 bits per heavy atom. The highest BCUT2D eigenvalue weighted by Gasteiger charge is 2.08. The number of benzene rings is 2. The summed E-state index contributed by atoms with van der Waals surface area (Å²) in [6, 6.07) is 10.8. The topological polar surface area (TPSA) is 74.7 Å². The first kappa shape index (κ1) is 16.0. The van der Waals surface area contributed by atoms with E-state index in [2.05, 4.69) is 27.2 Å². The maximum absolute atomic E-state index is 9.59. The molecule has 6 heteroatoms. The lowest BCUT2D eigenvalue weighted by Crippen LogP contribution is -1.86. The third kappa shape index (κ3) is 3.36. The summed E-state index contributed by atoms with van der Waals surface area (Å²) in [5.74, 6) is 0.716. The Kier molecular flexibility index (Phi) is 4.44. The Morgan fingerprint density at radius 3 is 2.79 bits per heavy atom. The highest BCUT2D eigenvalue weighted by molar-refractivity contribution is 6.32. The van der Waals surface area contributed by atoms with Gasteiger partial charge in [0.05, 0.1) is 0 Å². The van der Waals surface area contributed by atoms with Crippen molar-refractivity contribution in [1.82, 2.24) is 20.6 Å². The Balaban J connectivity index is 1.85. The standard InChI is InChI=1S/C18H15ClN4O/c1-11-4-7-15(24)9-13(11)5-3-12(2)16-8-6-14(10-17(16)19)18-20-22-23-21-18/h3-10,24H,2H2,1H3,(H,20,21,22,23)/b5-3-. The predicted octanol–water partition coefficient (Wildman–Crippen LogP) is 4.26. The minimum absolute atomic E-state index is 0.230. The number of allylic oxidation sites excluding steroid dienone is 2. The quantitative estimate of drug-likeness (QED) is 0.697. The van der Waals surface area contributed by atoms with E-state index in [4.69, 9.17) is 11.6 Å². The third-order valence-corrected chi connectivity index (χ3v) is 3.96. The van der Waals surface area contributed by atoms with Crippen LogP contribution in [0.5, 0.6) is 5.75 Å². The van der Waals surface area contributed by atoms with Crippen molar-refractivity contribution in [3.05, 3.63) is 70.8 Å². The highest BCUT2D eigenvalue weighted by atomic mass is 35.5. The Hall–Kier alpha value is -2.92. The molecule has 0 unspecified atom stereocenters. The fourth-order valence-corrected chi connectivity index (χ4v) is 2.59. The number of aromatic nitrogens is 4. The molecule has 2 aromatic carbocycles. The van der Waals surface area contributed by atoms with Crippen molar-refractivity contribution >= 4 is 23.3 Å². The number of hydrogen-bond donors (Lipinski definition) is 2. The summed E-state index contributed by atoms with van der Waals surface area (Å²) in [6.07, 6.45) is 3.78. The van der Waals surface area contributed by atoms with Crippen molar-refractivity contribution in [2.24, 2.45) is 0 Å². The Labute approximate surface area is 144 Å². The van der Waals surface area contributed by atoms with Crippen LogP contribution in [-0.2, 0) is 0 Å². The number of halogens is 1. The number of aromatic hydroxyl groups is 1. The smallest absolute Gasteiger partial charge is 0.204 e. The molecule has 0 aliphatic rings. The molecule has 0 aliphatic carbocycles. The van der Waals surface area contributed by atoms with Gasteiger partial charge in [-0.2, -0.15) is 5.21 Å². The lowest BCUT2D eigenvalue weighted by Gasteiger charge is -2.06. The molecule has 0 bridgehead atoms. The minimum atomic E-state index is 0.230. The van der Waals surface area contributed by atoms with Gasteiger partial charge in [0, 0.05) is 10.6 Å². The maximum atomic E-state index is 9.59. The van der Waals surface area contributed by atoms with E-state index in [1.807, 2.05) is 37.3 Å². The molecule has 3 aromatic rings. The highest BCUT2D eigenvalue weighted by Crippen LogP contribution is 2.28. The van der Waals surface area contributed by atoms with Crippen LogP contribution in [-0.4, -0.2) is 25.7 Å². The number of tetrazole rings is 1. The van der Waals surface area contributed by atoms with Gasteiger partial charge in [0.1, 0.15) is 5.75 Å². The van der Waals surface area contributed by atoms with E-state index in [-0.39, 0.29) is 5.75 Å². The van der Waals surface area contributed by atoms with Gasteiger partial charge in [0.25, 0.3) is 0 Å². The van der Waals surface area contributed by atoms with Gasteiger partial charge in [0.15, 0.2) is 0 Å². The van der Waals surface area contributed by atoms with E-state index in [9.17, 15) is 5.11 Å². The summed E-state index contributed by atoms with van der Waals surface area (Å²) in [5.41, 5.74) is 4.35. The first-order valence-corrected chi connectivity index (χ1v) is 7.63. The molecule has 1 heterocycles. The molecule has 0 fully saturated rings. The van der Waals surface area contributed by atoms with Gasteiger partial charge in [-0.05, 0) is 52.6 Å². The first-order valence-electron chi connectivity index (χ1n) is 7.25. The second-order valence-corrected chi connectivity index (χ2v) is 5.74. The van der Waals surface area contributed by atoms with Crippen LogP contribution in [0.3, 0.4) is 0 Å². The van der Waals surface area contributed by atoms with Crippen LogP contribution >= 0.6 is 11.6 Å². The molecule has 3 rings (SSSR count). The van der Waals surface area contributed by atoms with E-state index in [1.54, 1.807) is 18.2 Å². The molecule has 2 N–H and O–H groups in total. The van der Waals surface area contributed by atoms with E-state index >= 15 is 0 Å². The lowest BCUT2D eigenvalue weighted by molar-refractivity contribution is 0.475. The van der Waals surface area contributed by atoms with Crippen LogP contribution in [0.1, 0.15) is 16.7 Å². The van der Waals surface area contributed by atoms with Gasteiger partial charge in [-0.3, -0.25) is 0 Å². The van der Waals surface area contributed by atoms with Crippen LogP contribution in [0.4, 0.5) is 0 Å². The molecule has 5 nitrogen and oxygen atoms in total. The molecule has 0 aliphatic heterocycles. The van der Waals surface area contributed by atoms with Crippen molar-refractivity contribution in [1.29, 1.82) is 0 Å². The summed E-state index contributed by atoms with van der Waals surface area (Å²) in [6.45, 7) is 6.04. The average Bonchev–Trinajstić information content (AvgIpc) is 3.10. The number of nitrogens with one attached hydrogen (secondary N) is 1. The van der Waals surface area contributed by atoms with E-state index < -0.39 is 0 Å². The fraction of sp³-hybridized carbons (Fsp3) is 0.0556. The summed E-state index contributed by atoms with van der Waals surface area (Å²) in [7, 11) is 0. The zero-order valence-electron chi connectivity index (χ0n) is 13.0. The number of phenolic OH excluding ortho intramolecular Hbond substituents is 1. The fourth-order valence-electron chi connectivity index (χ4n) is 2.29. The van der Waals surface area contributed by atoms with Crippen LogP contribution in [0.15, 0.2) is 49.1 Å². The van der Waals surface area contributed by atoms with Crippen molar-refractivity contribution in [3.63, 3.8) is 0 Å². The number of aromatic amines is 1. The number of aryl methyl sites for hydroxylation is 1. The largest absolute Gasteiger partial charge is 0.508 e. The van der Waals surface area contributed by atoms with E-state index in [1.165, 1.54) is 0 Å². The molecular formula is C18H15ClN4O. The second kappa shape index (κ2) is 6.68. The minimum Gasteiger partial charge on any atom is -0.508 e. The lowest BCUT2D eigenvalue weighted by atomic mass is 10.0. The van der Waals surface area contributed by atoms with Crippen molar-refractivity contribution in [2.75, 3.05) is 0 Å². The molecular weight excluding hydrogens is 324 g/mol. The SMILES string of the molecule is C=C(/C=C\c1cc(O)ccc1C)c1ccc(-c2nn[nH]n2)cc1Cl. The van der Waals surface area contributed by atoms with Crippen LogP contribution in [0.25, 0.3) is 23.0 Å². The molecule has 0 atom stereocenters. The zero-order chi connectivity index (χ0) is 17.1. The molecule has 0 saturated carbocycles. The summed E-state index contributed by atoms with van der Waals surface area (Å²) < 4.78 is 0. The molecule has 1 aromatic heterocycles. The number of hydrogen-bond acceptors (Lipinski definition) is 4. The van der Waals surface area contributed by atoms with Gasteiger partial charge in [-0.15, -0.1) is 10.2 Å². The molecule has 0 amide bonds. The molecule has 0 spiro atoms. The van der Waals surface area contributed by atoms with Crippen LogP contribution < -0.4 is 0 Å². The van der Waals surface area contributed by atoms with Crippen LogP contribution in [0, 0.1) is 6.92 Å². The second-order valence-electron chi connectivity index (χ2n) is 5.33. The van der Waals surface area contributed by atoms with Crippen molar-refractivity contribution in [3.8, 4) is 17.1 Å². The van der Waals surface area contributed by atoms with Gasteiger partial charge in [0.2, 0.25) is 5.82 Å². The Bertz CT molecular complexity index is 917. The summed E-state index contributed by atoms with van der Waals surface area (Å²) >= 11 is 6.36. The third-order valence-electron chi connectivity index (χ3n) is 3.65. The van der Waals surface area contributed by atoms with E-state index in [0.29, 0.717) is 10.8 Å². The Morgan fingerprint density at radius 2 is 2.08 bits per heavy atom. The average molecular weight is 339 g/mol. The van der Waals surface area contributed by atoms with Gasteiger partial charge < -0.3 is 5.11 Å². The van der Waals surface area contributed by atoms with Gasteiger partial charge in [-0.1, -0.05) is 48.5 Å². The predicted molar refractivity (Wildman–Crippen MR) is 95.5 cm³/mol. The van der Waals surface area contributed by atoms with Crippen molar-refractivity contribution in [2.45, 2.75) is 6.92 Å². The monoisotopic (exact) mass is 338 g/mol. The summed E-state index contributed by atoms with van der Waals surface area (Å²) in [4.78, 5) is 0. The number of rotatable bonds is 4. The van der Waals surface area contributed by atoms with Crippen LogP contribution in [0.2, 0.25) is 5.02 Å². The normalized spacial score (nSPS) is 11.1. The molecule has 0 radical (unpaired) electrons. The zero-order valence-corrected chi connectivity index (χ0v) is 13.7. The number of phenols is 1. The van der Waals surface area contributed by atoms with E-state index in [0.717, 1.165) is 27.8 Å². The maximum Gasteiger partial charge on any atom is 0.204 e. The molecule has 120 valence electrons. The van der Waals surface area contributed by atoms with Gasteiger partial charge in [-0.25, -0.2) is 0 Å². The first-order chi connectivity index (χ1) is 11.5. The summed E-state index contributed by atoms with van der Waals surface area (Å²) in [5, 5.41) is 23.9.